The molecule has 0 unspecified atom stereocenters. The lowest BCUT2D eigenvalue weighted by Gasteiger charge is -2.29. The van der Waals surface area contributed by atoms with Gasteiger partial charge in [0.2, 0.25) is 11.7 Å². The van der Waals surface area contributed by atoms with Crippen LogP contribution in [0.2, 0.25) is 5.02 Å². The third-order valence-electron chi connectivity index (χ3n) is 6.37. The van der Waals surface area contributed by atoms with E-state index in [4.69, 9.17) is 21.1 Å². The summed E-state index contributed by atoms with van der Waals surface area (Å²) in [6, 6.07) is 7.19. The lowest BCUT2D eigenvalue weighted by Crippen LogP contribution is -2.29. The second-order valence-electron chi connectivity index (χ2n) is 8.76. The third-order valence-corrected chi connectivity index (χ3v) is 6.61. The number of hydrogen-bond acceptors (Lipinski definition) is 7. The van der Waals surface area contributed by atoms with Crippen molar-refractivity contribution in [2.24, 2.45) is 7.05 Å². The number of pyridine rings is 1. The molecule has 1 fully saturated rings. The summed E-state index contributed by atoms with van der Waals surface area (Å²) in [4.78, 5) is 29.7. The van der Waals surface area contributed by atoms with E-state index >= 15 is 0 Å². The van der Waals surface area contributed by atoms with Gasteiger partial charge in [-0.2, -0.15) is 13.2 Å². The van der Waals surface area contributed by atoms with Gasteiger partial charge in [0.05, 0.1) is 13.2 Å². The fraction of sp³-hybridized carbons (Fsp3) is 0.320. The van der Waals surface area contributed by atoms with Gasteiger partial charge in [-0.05, 0) is 42.7 Å². The van der Waals surface area contributed by atoms with Crippen LogP contribution in [-0.2, 0) is 18.0 Å². The topological polar surface area (TPSA) is 92.0 Å². The van der Waals surface area contributed by atoms with Crippen LogP contribution in [0.15, 0.2) is 41.3 Å². The summed E-state index contributed by atoms with van der Waals surface area (Å²) in [5, 5.41) is 0.0877. The van der Waals surface area contributed by atoms with Crippen molar-refractivity contribution in [1.82, 2.24) is 24.5 Å². The normalized spacial score (nSPS) is 18.1. The lowest BCUT2D eigenvalue weighted by atomic mass is 9.91. The molecular formula is C25H20ClF4N5O3. The summed E-state index contributed by atoms with van der Waals surface area (Å²) in [6.45, 7) is 0.329. The SMILES string of the molecule is COc1cc([C@H]2C[C@@H](c3nc(-c4ccc(Cl)cc4F)c4nc(C(F)(F)F)n(C)c(=O)c4n3)CCO2)ccn1. The maximum atomic E-state index is 15.0. The standard InChI is InChI=1S/C25H20ClF4N5O3/c1-35-23(36)21-20(34-24(35)25(28,29)30)19(15-4-3-14(26)11-16(15)27)32-22(33-21)13-6-8-38-17(9-13)12-5-7-31-18(10-12)37-2/h3-5,7,10-11,13,17H,6,8-9H2,1-2H3/t13-,17+/m0/s1. The van der Waals surface area contributed by atoms with Crippen molar-refractivity contribution < 1.29 is 27.0 Å². The number of hydrogen-bond donors (Lipinski definition) is 0. The number of rotatable bonds is 4. The average molecular weight is 550 g/mol. The van der Waals surface area contributed by atoms with Gasteiger partial charge in [-0.15, -0.1) is 0 Å². The van der Waals surface area contributed by atoms with Crippen molar-refractivity contribution in [3.8, 4) is 17.1 Å². The maximum absolute atomic E-state index is 15.0. The van der Waals surface area contributed by atoms with Gasteiger partial charge in [0.25, 0.3) is 5.56 Å². The quantitative estimate of drug-likeness (QED) is 0.321. The lowest BCUT2D eigenvalue weighted by molar-refractivity contribution is -0.147. The van der Waals surface area contributed by atoms with Crippen molar-refractivity contribution in [2.45, 2.75) is 31.0 Å². The Morgan fingerprint density at radius 3 is 2.63 bits per heavy atom. The van der Waals surface area contributed by atoms with Gasteiger partial charge in [-0.3, -0.25) is 9.36 Å². The minimum absolute atomic E-state index is 0.0877. The molecule has 0 amide bonds. The molecule has 0 aliphatic carbocycles. The van der Waals surface area contributed by atoms with Crippen LogP contribution >= 0.6 is 11.6 Å². The van der Waals surface area contributed by atoms with Gasteiger partial charge in [0.15, 0.2) is 5.52 Å². The van der Waals surface area contributed by atoms with Crippen LogP contribution in [0.5, 0.6) is 5.88 Å². The van der Waals surface area contributed by atoms with E-state index in [0.717, 1.165) is 18.7 Å². The molecule has 198 valence electrons. The minimum atomic E-state index is -4.93. The molecule has 0 bridgehead atoms. The highest BCUT2D eigenvalue weighted by Crippen LogP contribution is 2.39. The molecule has 0 spiro atoms. The van der Waals surface area contributed by atoms with Gasteiger partial charge < -0.3 is 9.47 Å². The monoisotopic (exact) mass is 549 g/mol. The summed E-state index contributed by atoms with van der Waals surface area (Å²) in [5.41, 5.74) is -1.39. The molecular weight excluding hydrogens is 530 g/mol. The number of halogens is 5. The predicted molar refractivity (Wildman–Crippen MR) is 129 cm³/mol. The Bertz CT molecular complexity index is 1590. The highest BCUT2D eigenvalue weighted by Gasteiger charge is 2.38. The summed E-state index contributed by atoms with van der Waals surface area (Å²) in [5.74, 6) is -2.04. The molecule has 1 saturated heterocycles. The van der Waals surface area contributed by atoms with E-state index in [1.807, 2.05) is 0 Å². The van der Waals surface area contributed by atoms with E-state index in [0.29, 0.717) is 29.9 Å². The van der Waals surface area contributed by atoms with E-state index in [2.05, 4.69) is 19.9 Å². The number of aromatic nitrogens is 5. The molecule has 4 aromatic rings. The Morgan fingerprint density at radius 1 is 1.13 bits per heavy atom. The van der Waals surface area contributed by atoms with Crippen molar-refractivity contribution in [3.05, 3.63) is 74.9 Å². The van der Waals surface area contributed by atoms with Gasteiger partial charge in [-0.1, -0.05) is 11.6 Å². The number of alkyl halides is 3. The van der Waals surface area contributed by atoms with Crippen LogP contribution in [0.25, 0.3) is 22.3 Å². The number of ether oxygens (including phenoxy) is 2. The van der Waals surface area contributed by atoms with Crippen molar-refractivity contribution in [3.63, 3.8) is 0 Å². The maximum Gasteiger partial charge on any atom is 0.449 e. The molecule has 1 aliphatic heterocycles. The van der Waals surface area contributed by atoms with Gasteiger partial charge in [0, 0.05) is 42.4 Å². The smallest absolute Gasteiger partial charge is 0.449 e. The first-order valence-electron chi connectivity index (χ1n) is 11.5. The molecule has 5 rings (SSSR count). The van der Waals surface area contributed by atoms with E-state index < -0.39 is 28.9 Å². The van der Waals surface area contributed by atoms with Crippen molar-refractivity contribution in [1.29, 1.82) is 0 Å². The predicted octanol–water partition coefficient (Wildman–Crippen LogP) is 5.24. The van der Waals surface area contributed by atoms with E-state index in [9.17, 15) is 22.4 Å². The highest BCUT2D eigenvalue weighted by atomic mass is 35.5. The van der Waals surface area contributed by atoms with Gasteiger partial charge in [0.1, 0.15) is 22.9 Å². The first-order chi connectivity index (χ1) is 18.1. The Labute approximate surface area is 218 Å². The van der Waals surface area contributed by atoms with E-state index in [1.165, 1.54) is 19.2 Å². The first-order valence-corrected chi connectivity index (χ1v) is 11.9. The summed E-state index contributed by atoms with van der Waals surface area (Å²) < 4.78 is 67.5. The van der Waals surface area contributed by atoms with Crippen LogP contribution in [0, 0.1) is 5.82 Å². The Hall–Kier alpha value is -3.64. The molecule has 1 aromatic carbocycles. The molecule has 3 aromatic heterocycles. The second kappa shape index (κ2) is 9.91. The zero-order valence-corrected chi connectivity index (χ0v) is 20.8. The largest absolute Gasteiger partial charge is 0.481 e. The molecule has 13 heteroatoms. The fourth-order valence-electron chi connectivity index (χ4n) is 4.47. The number of benzene rings is 1. The summed E-state index contributed by atoms with van der Waals surface area (Å²) in [6.07, 6.45) is -2.86. The van der Waals surface area contributed by atoms with E-state index in [1.54, 1.807) is 18.3 Å². The van der Waals surface area contributed by atoms with Crippen LogP contribution in [0.1, 0.15) is 42.1 Å². The Kier molecular flexibility index (Phi) is 6.78. The van der Waals surface area contributed by atoms with Gasteiger partial charge >= 0.3 is 6.18 Å². The van der Waals surface area contributed by atoms with Crippen molar-refractivity contribution in [2.75, 3.05) is 13.7 Å². The Morgan fingerprint density at radius 2 is 1.92 bits per heavy atom. The first kappa shape index (κ1) is 26.0. The molecule has 4 heterocycles. The van der Waals surface area contributed by atoms with Gasteiger partial charge in [-0.25, -0.2) is 24.3 Å². The zero-order valence-electron chi connectivity index (χ0n) is 20.1. The molecule has 0 radical (unpaired) electrons. The number of methoxy groups -OCH3 is 1. The van der Waals surface area contributed by atoms with Crippen molar-refractivity contribution >= 4 is 22.6 Å². The molecule has 0 N–H and O–H groups in total. The second-order valence-corrected chi connectivity index (χ2v) is 9.20. The highest BCUT2D eigenvalue weighted by molar-refractivity contribution is 6.30. The Balaban J connectivity index is 1.68. The van der Waals surface area contributed by atoms with Crippen LogP contribution in [0.3, 0.4) is 0 Å². The van der Waals surface area contributed by atoms with Crippen LogP contribution in [-0.4, -0.2) is 38.2 Å². The zero-order chi connectivity index (χ0) is 27.2. The minimum Gasteiger partial charge on any atom is -0.481 e. The molecule has 2 atom stereocenters. The number of nitrogens with zero attached hydrogens (tertiary/aromatic N) is 5. The summed E-state index contributed by atoms with van der Waals surface area (Å²) in [7, 11) is 2.46. The molecule has 8 nitrogen and oxygen atoms in total. The molecule has 38 heavy (non-hydrogen) atoms. The molecule has 1 aliphatic rings. The number of fused-ring (bicyclic) bond motifs is 1. The summed E-state index contributed by atoms with van der Waals surface area (Å²) >= 11 is 5.88. The van der Waals surface area contributed by atoms with Crippen LogP contribution < -0.4 is 10.3 Å². The average Bonchev–Trinajstić information content (AvgIpc) is 2.90. The molecule has 0 saturated carbocycles. The third kappa shape index (κ3) is 4.81. The van der Waals surface area contributed by atoms with E-state index in [-0.39, 0.29) is 39.6 Å². The van der Waals surface area contributed by atoms with Crippen LogP contribution in [0.4, 0.5) is 17.6 Å². The fourth-order valence-corrected chi connectivity index (χ4v) is 4.63.